The molecule has 0 saturated carbocycles. The van der Waals surface area contributed by atoms with Crippen molar-refractivity contribution in [3.63, 3.8) is 0 Å². The fourth-order valence-corrected chi connectivity index (χ4v) is 2.38. The van der Waals surface area contributed by atoms with E-state index in [0.717, 1.165) is 5.39 Å². The van der Waals surface area contributed by atoms with Gasteiger partial charge in [-0.3, -0.25) is 0 Å². The molecule has 2 heterocycles. The van der Waals surface area contributed by atoms with Crippen LogP contribution in [-0.2, 0) is 4.74 Å². The van der Waals surface area contributed by atoms with Gasteiger partial charge in [0.15, 0.2) is 0 Å². The fraction of sp³-hybridized carbons (Fsp3) is 0.188. The van der Waals surface area contributed by atoms with E-state index in [1.165, 1.54) is 13.2 Å². The Morgan fingerprint density at radius 3 is 2.71 bits per heavy atom. The van der Waals surface area contributed by atoms with Crippen LogP contribution in [0.1, 0.15) is 33.7 Å². The summed E-state index contributed by atoms with van der Waals surface area (Å²) in [5.74, 6) is 0.351. The average molecular weight is 286 g/mol. The highest BCUT2D eigenvalue weighted by Gasteiger charge is 2.24. The van der Waals surface area contributed by atoms with Crippen LogP contribution in [0.4, 0.5) is 0 Å². The summed E-state index contributed by atoms with van der Waals surface area (Å²) >= 11 is 0. The van der Waals surface area contributed by atoms with E-state index in [9.17, 15) is 9.90 Å². The number of esters is 1. The number of aliphatic hydroxyl groups is 1. The van der Waals surface area contributed by atoms with Crippen molar-refractivity contribution >= 4 is 16.9 Å². The van der Waals surface area contributed by atoms with Crippen LogP contribution >= 0.6 is 0 Å². The van der Waals surface area contributed by atoms with Gasteiger partial charge < -0.3 is 18.7 Å². The van der Waals surface area contributed by atoms with Gasteiger partial charge in [-0.15, -0.1) is 0 Å². The molecule has 5 nitrogen and oxygen atoms in total. The first kappa shape index (κ1) is 13.5. The number of carbonyl (C=O) groups is 1. The minimum atomic E-state index is -1.01. The van der Waals surface area contributed by atoms with E-state index in [4.69, 9.17) is 8.83 Å². The van der Waals surface area contributed by atoms with Crippen molar-refractivity contribution in [2.24, 2.45) is 0 Å². The lowest BCUT2D eigenvalue weighted by Gasteiger charge is -2.07. The van der Waals surface area contributed by atoms with Crippen molar-refractivity contribution in [3.8, 4) is 0 Å². The third kappa shape index (κ3) is 2.21. The summed E-state index contributed by atoms with van der Waals surface area (Å²) in [6, 6.07) is 10.5. The Bertz CT molecular complexity index is 796. The molecule has 21 heavy (non-hydrogen) atoms. The molecule has 0 saturated heterocycles. The summed E-state index contributed by atoms with van der Waals surface area (Å²) < 4.78 is 15.6. The third-order valence-corrected chi connectivity index (χ3v) is 3.38. The maximum Gasteiger partial charge on any atom is 0.373 e. The van der Waals surface area contributed by atoms with Crippen LogP contribution in [0, 0.1) is 6.92 Å². The largest absolute Gasteiger partial charge is 0.463 e. The van der Waals surface area contributed by atoms with Crippen molar-refractivity contribution in [2.45, 2.75) is 13.0 Å². The number of ether oxygens (including phenoxy) is 1. The molecule has 1 atom stereocenters. The number of benzene rings is 1. The number of para-hydroxylation sites is 1. The van der Waals surface area contributed by atoms with Crippen LogP contribution in [0.25, 0.3) is 11.0 Å². The van der Waals surface area contributed by atoms with Gasteiger partial charge >= 0.3 is 5.97 Å². The lowest BCUT2D eigenvalue weighted by atomic mass is 10.0. The second-order valence-corrected chi connectivity index (χ2v) is 4.66. The lowest BCUT2D eigenvalue weighted by molar-refractivity contribution is 0.0558. The number of rotatable bonds is 3. The molecule has 0 aliphatic carbocycles. The van der Waals surface area contributed by atoms with Crippen molar-refractivity contribution in [3.05, 3.63) is 59.2 Å². The zero-order valence-electron chi connectivity index (χ0n) is 11.6. The molecule has 0 amide bonds. The Hall–Kier alpha value is -2.53. The van der Waals surface area contributed by atoms with Crippen molar-refractivity contribution in [1.82, 2.24) is 0 Å². The molecule has 1 unspecified atom stereocenters. The van der Waals surface area contributed by atoms with E-state index >= 15 is 0 Å². The summed E-state index contributed by atoms with van der Waals surface area (Å²) in [5, 5.41) is 11.3. The first-order valence-electron chi connectivity index (χ1n) is 6.46. The fourth-order valence-electron chi connectivity index (χ4n) is 2.38. The molecule has 0 bridgehead atoms. The number of aliphatic hydroxyl groups excluding tert-OH is 1. The number of fused-ring (bicyclic) bond motifs is 1. The highest BCUT2D eigenvalue weighted by atomic mass is 16.5. The molecule has 0 aliphatic rings. The summed E-state index contributed by atoms with van der Waals surface area (Å²) in [6.07, 6.45) is -1.01. The number of furan rings is 2. The third-order valence-electron chi connectivity index (χ3n) is 3.38. The SMILES string of the molecule is COC(=O)c1ccc(C(O)c2c(C)oc3ccccc23)o1. The van der Waals surface area contributed by atoms with Crippen LogP contribution in [0.15, 0.2) is 45.2 Å². The van der Waals surface area contributed by atoms with Crippen LogP contribution in [0.2, 0.25) is 0 Å². The van der Waals surface area contributed by atoms with Crippen molar-refractivity contribution in [1.29, 1.82) is 0 Å². The Morgan fingerprint density at radius 2 is 1.95 bits per heavy atom. The van der Waals surface area contributed by atoms with E-state index in [-0.39, 0.29) is 11.5 Å². The monoisotopic (exact) mass is 286 g/mol. The number of hydrogen-bond acceptors (Lipinski definition) is 5. The molecule has 1 N–H and O–H groups in total. The topological polar surface area (TPSA) is 72.8 Å². The zero-order chi connectivity index (χ0) is 15.0. The minimum absolute atomic E-state index is 0.0528. The van der Waals surface area contributed by atoms with E-state index in [0.29, 0.717) is 16.9 Å². The van der Waals surface area contributed by atoms with Crippen LogP contribution < -0.4 is 0 Å². The number of carbonyl (C=O) groups excluding carboxylic acids is 1. The molecular weight excluding hydrogens is 272 g/mol. The van der Waals surface area contributed by atoms with Crippen LogP contribution in [0.5, 0.6) is 0 Å². The number of aryl methyl sites for hydroxylation is 1. The van der Waals surface area contributed by atoms with Gasteiger partial charge in [0.1, 0.15) is 23.2 Å². The Balaban J connectivity index is 2.04. The van der Waals surface area contributed by atoms with E-state index in [2.05, 4.69) is 4.74 Å². The Labute approximate surface area is 120 Å². The summed E-state index contributed by atoms with van der Waals surface area (Å²) in [7, 11) is 1.27. The molecule has 0 spiro atoms. The van der Waals surface area contributed by atoms with E-state index in [1.54, 1.807) is 13.0 Å². The highest BCUT2D eigenvalue weighted by molar-refractivity contribution is 5.86. The van der Waals surface area contributed by atoms with Gasteiger partial charge in [0.2, 0.25) is 5.76 Å². The number of methoxy groups -OCH3 is 1. The molecule has 0 fully saturated rings. The highest BCUT2D eigenvalue weighted by Crippen LogP contribution is 2.34. The van der Waals surface area contributed by atoms with Crippen LogP contribution in [-0.4, -0.2) is 18.2 Å². The normalized spacial score (nSPS) is 12.5. The molecule has 5 heteroatoms. The second kappa shape index (κ2) is 5.10. The predicted octanol–water partition coefficient (Wildman–Crippen LogP) is 3.20. The van der Waals surface area contributed by atoms with Gasteiger partial charge in [-0.1, -0.05) is 18.2 Å². The van der Waals surface area contributed by atoms with E-state index in [1.807, 2.05) is 24.3 Å². The standard InChI is InChI=1S/C16H14O5/c1-9-14(10-5-3-4-6-11(10)20-9)15(17)12-7-8-13(21-12)16(18)19-2/h3-8,15,17H,1-2H3. The smallest absolute Gasteiger partial charge is 0.373 e. The van der Waals surface area contributed by atoms with Crippen molar-refractivity contribution < 1.29 is 23.5 Å². The van der Waals surface area contributed by atoms with Gasteiger partial charge in [-0.05, 0) is 25.1 Å². The van der Waals surface area contributed by atoms with Gasteiger partial charge in [-0.2, -0.15) is 0 Å². The molecular formula is C16H14O5. The molecule has 3 rings (SSSR count). The molecule has 1 aromatic carbocycles. The quantitative estimate of drug-likeness (QED) is 0.748. The molecule has 0 aliphatic heterocycles. The summed E-state index contributed by atoms with van der Waals surface area (Å²) in [4.78, 5) is 11.4. The van der Waals surface area contributed by atoms with Crippen molar-refractivity contribution in [2.75, 3.05) is 7.11 Å². The first-order valence-corrected chi connectivity index (χ1v) is 6.46. The second-order valence-electron chi connectivity index (χ2n) is 4.66. The lowest BCUT2D eigenvalue weighted by Crippen LogP contribution is -2.01. The van der Waals surface area contributed by atoms with Gasteiger partial charge in [0.25, 0.3) is 0 Å². The average Bonchev–Trinajstić information content (AvgIpc) is 3.09. The van der Waals surface area contributed by atoms with Crippen LogP contribution in [0.3, 0.4) is 0 Å². The summed E-state index contributed by atoms with van der Waals surface area (Å²) in [5.41, 5.74) is 1.33. The maximum atomic E-state index is 11.4. The molecule has 2 aromatic heterocycles. The molecule has 0 radical (unpaired) electrons. The Morgan fingerprint density at radius 1 is 1.19 bits per heavy atom. The molecule has 3 aromatic rings. The molecule has 108 valence electrons. The van der Waals surface area contributed by atoms with Gasteiger partial charge in [-0.25, -0.2) is 4.79 Å². The predicted molar refractivity (Wildman–Crippen MR) is 75.1 cm³/mol. The van der Waals surface area contributed by atoms with E-state index < -0.39 is 12.1 Å². The van der Waals surface area contributed by atoms with Gasteiger partial charge in [0, 0.05) is 10.9 Å². The first-order chi connectivity index (χ1) is 10.1. The zero-order valence-corrected chi connectivity index (χ0v) is 11.6. The van der Waals surface area contributed by atoms with Gasteiger partial charge in [0.05, 0.1) is 7.11 Å². The Kier molecular flexibility index (Phi) is 3.27. The maximum absolute atomic E-state index is 11.4. The summed E-state index contributed by atoms with van der Waals surface area (Å²) in [6.45, 7) is 1.78. The number of hydrogen-bond donors (Lipinski definition) is 1. The minimum Gasteiger partial charge on any atom is -0.463 e.